The van der Waals surface area contributed by atoms with Crippen LogP contribution in [0.15, 0.2) is 60.8 Å². The van der Waals surface area contributed by atoms with Crippen LogP contribution in [0.1, 0.15) is 226 Å². The van der Waals surface area contributed by atoms with Gasteiger partial charge in [0, 0.05) is 12.8 Å². The molecule has 11 nitrogen and oxygen atoms in total. The maximum absolute atomic E-state index is 12.8. The van der Waals surface area contributed by atoms with E-state index < -0.39 is 57.8 Å². The van der Waals surface area contributed by atoms with Crippen LogP contribution in [-0.4, -0.2) is 66.5 Å². The molecule has 0 bridgehead atoms. The lowest BCUT2D eigenvalue weighted by Crippen LogP contribution is -2.30. The van der Waals surface area contributed by atoms with Crippen LogP contribution in [0.5, 0.6) is 0 Å². The number of aliphatic hydroxyl groups is 1. The van der Waals surface area contributed by atoms with Crippen LogP contribution in [0.2, 0.25) is 0 Å². The normalized spacial score (nSPS) is 14.0. The van der Waals surface area contributed by atoms with Crippen molar-refractivity contribution < 1.29 is 52.2 Å². The van der Waals surface area contributed by atoms with E-state index in [1.807, 2.05) is 18.2 Å². The molecule has 0 radical (unpaired) electrons. The lowest BCUT2D eigenvalue weighted by Gasteiger charge is -2.21. The van der Waals surface area contributed by atoms with Crippen molar-refractivity contribution >= 4 is 25.7 Å². The van der Waals surface area contributed by atoms with Crippen LogP contribution in [0.3, 0.4) is 0 Å². The van der Waals surface area contributed by atoms with Gasteiger partial charge in [0.05, 0.1) is 26.2 Å². The molecule has 0 fully saturated rings. The molecule has 0 aromatic carbocycles. The summed E-state index contributed by atoms with van der Waals surface area (Å²) in [4.78, 5) is 48.2. The highest BCUT2D eigenvalue weighted by molar-refractivity contribution is 7.47. The number of esters is 3. The average Bonchev–Trinajstić information content (AvgIpc) is 3.30. The summed E-state index contributed by atoms with van der Waals surface area (Å²) in [6.45, 7) is 4.40. The molecule has 0 heterocycles. The molecule has 2 N–H and O–H groups in total. The van der Waals surface area contributed by atoms with Crippen molar-refractivity contribution in [1.82, 2.24) is 0 Å². The van der Waals surface area contributed by atoms with Crippen molar-refractivity contribution in [3.05, 3.63) is 60.8 Å². The fraction of sp³-hybridized carbons (Fsp3) is 0.759. The number of phosphoric ester groups is 1. The van der Waals surface area contributed by atoms with Crippen LogP contribution in [0.25, 0.3) is 0 Å². The van der Waals surface area contributed by atoms with Crippen molar-refractivity contribution in [3.8, 4) is 0 Å². The summed E-state index contributed by atoms with van der Waals surface area (Å²) in [5, 5.41) is 9.77. The standard InChI is InChI=1S/C54H95O11P/c1-4-7-10-13-16-19-21-23-25-27-29-32-35-38-41-44-53(57)64-50(46-55)48-62-66(59,60)63-49-51(47-61-52(56)43-40-37-34-31-18-15-12-9-6-3)65-54(58)45-42-39-36-33-30-28-26-24-22-20-17-14-11-8-5-2/h8,11,17,20,24,26,30,33,39,42,50-51,55H,4-7,9-10,12-16,18-19,21-23,25,27-29,31-32,34-38,40-41,43-49H2,1-3H3,(H,59,60)/b11-8-,20-17-,26-24-,33-30-,42-39-. The summed E-state index contributed by atoms with van der Waals surface area (Å²) in [6.07, 6.45) is 50.9. The van der Waals surface area contributed by atoms with E-state index in [2.05, 4.69) is 57.2 Å². The molecular weight excluding hydrogens is 856 g/mol. The monoisotopic (exact) mass is 951 g/mol. The maximum Gasteiger partial charge on any atom is 0.472 e. The quantitative estimate of drug-likeness (QED) is 0.0197. The lowest BCUT2D eigenvalue weighted by molar-refractivity contribution is -0.160. The molecule has 3 atom stereocenters. The minimum Gasteiger partial charge on any atom is -0.462 e. The molecule has 3 unspecified atom stereocenters. The van der Waals surface area contributed by atoms with Gasteiger partial charge in [0.2, 0.25) is 0 Å². The summed E-state index contributed by atoms with van der Waals surface area (Å²) in [5.74, 6) is -1.61. The zero-order chi connectivity index (χ0) is 48.4. The summed E-state index contributed by atoms with van der Waals surface area (Å²) in [5.41, 5.74) is 0. The maximum atomic E-state index is 12.8. The second-order valence-corrected chi connectivity index (χ2v) is 18.8. The fourth-order valence-corrected chi connectivity index (χ4v) is 7.80. The van der Waals surface area contributed by atoms with Crippen molar-refractivity contribution in [2.75, 3.05) is 26.4 Å². The Morgan fingerprint density at radius 2 is 0.788 bits per heavy atom. The van der Waals surface area contributed by atoms with Gasteiger partial charge in [-0.15, -0.1) is 0 Å². The molecule has 0 spiro atoms. The van der Waals surface area contributed by atoms with Crippen molar-refractivity contribution in [2.24, 2.45) is 0 Å². The van der Waals surface area contributed by atoms with Gasteiger partial charge in [-0.05, 0) is 44.9 Å². The summed E-state index contributed by atoms with van der Waals surface area (Å²) in [7, 11) is -4.76. The van der Waals surface area contributed by atoms with Gasteiger partial charge in [0.1, 0.15) is 12.7 Å². The number of hydrogen-bond acceptors (Lipinski definition) is 10. The van der Waals surface area contributed by atoms with Crippen molar-refractivity contribution in [2.45, 2.75) is 238 Å². The highest BCUT2D eigenvalue weighted by Crippen LogP contribution is 2.43. The van der Waals surface area contributed by atoms with E-state index in [0.717, 1.165) is 64.2 Å². The highest BCUT2D eigenvalue weighted by atomic mass is 31.2. The Balaban J connectivity index is 4.76. The third kappa shape index (κ3) is 46.3. The first-order valence-electron chi connectivity index (χ1n) is 26.2. The molecule has 0 saturated carbocycles. The Morgan fingerprint density at radius 3 is 1.20 bits per heavy atom. The summed E-state index contributed by atoms with van der Waals surface area (Å²) < 4.78 is 39.2. The molecule has 0 rings (SSSR count). The predicted molar refractivity (Wildman–Crippen MR) is 270 cm³/mol. The van der Waals surface area contributed by atoms with E-state index in [9.17, 15) is 28.9 Å². The second-order valence-electron chi connectivity index (χ2n) is 17.3. The van der Waals surface area contributed by atoms with E-state index in [-0.39, 0.29) is 25.9 Å². The molecular formula is C54H95O11P. The highest BCUT2D eigenvalue weighted by Gasteiger charge is 2.28. The van der Waals surface area contributed by atoms with E-state index in [1.165, 1.54) is 103 Å². The Bertz CT molecular complexity index is 1340. The second kappa shape index (κ2) is 48.6. The number of aliphatic hydroxyl groups excluding tert-OH is 1. The average molecular weight is 951 g/mol. The number of rotatable bonds is 48. The van der Waals surface area contributed by atoms with Gasteiger partial charge in [-0.3, -0.25) is 23.4 Å². The topological polar surface area (TPSA) is 155 Å². The Labute approximate surface area is 402 Å². The van der Waals surface area contributed by atoms with E-state index in [4.69, 9.17) is 23.3 Å². The van der Waals surface area contributed by atoms with Gasteiger partial charge in [-0.2, -0.15) is 0 Å². The van der Waals surface area contributed by atoms with Crippen molar-refractivity contribution in [3.63, 3.8) is 0 Å². The molecule has 0 aliphatic rings. The SMILES string of the molecule is CC/C=C\C/C=C\C/C=C\C/C=C\C/C=C\CC(=O)OC(COC(=O)CCCCCCCCCCC)COP(=O)(O)OCC(CO)OC(=O)CCCCCCCCCCCCCCCCC. The zero-order valence-corrected chi connectivity index (χ0v) is 42.8. The zero-order valence-electron chi connectivity index (χ0n) is 41.9. The minimum atomic E-state index is -4.76. The molecule has 0 aliphatic heterocycles. The number of carbonyl (C=O) groups excluding carboxylic acids is 3. The summed E-state index contributed by atoms with van der Waals surface area (Å²) in [6, 6.07) is 0. The number of allylic oxidation sites excluding steroid dienone is 9. The third-order valence-corrected chi connectivity index (χ3v) is 11.9. The first-order valence-corrected chi connectivity index (χ1v) is 27.7. The lowest BCUT2D eigenvalue weighted by atomic mass is 10.0. The molecule has 12 heteroatoms. The first-order chi connectivity index (χ1) is 32.2. The molecule has 66 heavy (non-hydrogen) atoms. The number of unbranched alkanes of at least 4 members (excludes halogenated alkanes) is 22. The van der Waals surface area contributed by atoms with Gasteiger partial charge in [-0.1, -0.05) is 223 Å². The van der Waals surface area contributed by atoms with Crippen LogP contribution in [0, 0.1) is 0 Å². The van der Waals surface area contributed by atoms with E-state index in [0.29, 0.717) is 19.3 Å². The van der Waals surface area contributed by atoms with Crippen LogP contribution >= 0.6 is 7.82 Å². The number of ether oxygens (including phenoxy) is 3. The van der Waals surface area contributed by atoms with Crippen LogP contribution in [-0.2, 0) is 42.2 Å². The van der Waals surface area contributed by atoms with Gasteiger partial charge in [-0.25, -0.2) is 4.57 Å². The minimum absolute atomic E-state index is 0.0629. The number of hydrogen-bond donors (Lipinski definition) is 2. The van der Waals surface area contributed by atoms with Crippen LogP contribution in [0.4, 0.5) is 0 Å². The van der Waals surface area contributed by atoms with Gasteiger partial charge < -0.3 is 24.2 Å². The van der Waals surface area contributed by atoms with Crippen molar-refractivity contribution in [1.29, 1.82) is 0 Å². The predicted octanol–water partition coefficient (Wildman–Crippen LogP) is 14.8. The molecule has 0 amide bonds. The van der Waals surface area contributed by atoms with E-state index in [1.54, 1.807) is 6.08 Å². The Hall–Kier alpha value is -2.82. The molecule has 0 aromatic rings. The van der Waals surface area contributed by atoms with Gasteiger partial charge >= 0.3 is 25.7 Å². The largest absolute Gasteiger partial charge is 0.472 e. The third-order valence-electron chi connectivity index (χ3n) is 11.0. The number of phosphoric acid groups is 1. The molecule has 0 aliphatic carbocycles. The fourth-order valence-electron chi connectivity index (χ4n) is 7.02. The van der Waals surface area contributed by atoms with Gasteiger partial charge in [0.25, 0.3) is 0 Å². The number of carbonyl (C=O) groups is 3. The Kier molecular flexibility index (Phi) is 46.6. The van der Waals surface area contributed by atoms with Gasteiger partial charge in [0.15, 0.2) is 6.10 Å². The smallest absolute Gasteiger partial charge is 0.462 e. The first kappa shape index (κ1) is 63.2. The van der Waals surface area contributed by atoms with E-state index >= 15 is 0 Å². The molecule has 382 valence electrons. The summed E-state index contributed by atoms with van der Waals surface area (Å²) >= 11 is 0. The molecule has 0 aromatic heterocycles. The molecule has 0 saturated heterocycles. The van der Waals surface area contributed by atoms with Crippen LogP contribution < -0.4 is 0 Å². The Morgan fingerprint density at radius 1 is 0.439 bits per heavy atom.